The number of fused-ring (bicyclic) bond motifs is 5. The van der Waals surface area contributed by atoms with Crippen molar-refractivity contribution in [3.8, 4) is 0 Å². The van der Waals surface area contributed by atoms with E-state index >= 15 is 0 Å². The van der Waals surface area contributed by atoms with Crippen LogP contribution in [-0.2, 0) is 36.7 Å². The number of aliphatic hydroxyl groups excluding tert-OH is 1. The summed E-state index contributed by atoms with van der Waals surface area (Å²) in [7, 11) is 0. The maximum Gasteiger partial charge on any atom is 0.386 e. The van der Waals surface area contributed by atoms with E-state index in [1.807, 2.05) is 0 Å². The van der Waals surface area contributed by atoms with Crippen LogP contribution in [0.1, 0.15) is 18.9 Å². The highest BCUT2D eigenvalue weighted by Gasteiger charge is 2.51. The quantitative estimate of drug-likeness (QED) is 0.124. The molecule has 0 radical (unpaired) electrons. The molecular weight excluding hydrogens is 666 g/mol. The van der Waals surface area contributed by atoms with Crippen molar-refractivity contribution in [3.05, 3.63) is 29.3 Å². The minimum absolute atomic E-state index is 0.0217. The number of anilines is 2. The average Bonchev–Trinajstić information content (AvgIpc) is 3.72. The first kappa shape index (κ1) is 30.1. The summed E-state index contributed by atoms with van der Waals surface area (Å²) in [5, 5.41) is 11.2. The fraction of sp³-hybridized carbons (Fsp3) is 0.500. The molecule has 24 heteroatoms. The van der Waals surface area contributed by atoms with E-state index in [-0.39, 0.29) is 47.1 Å². The van der Waals surface area contributed by atoms with Crippen LogP contribution in [0, 0.1) is 0 Å². The van der Waals surface area contributed by atoms with Gasteiger partial charge in [-0.15, -0.1) is 0 Å². The van der Waals surface area contributed by atoms with Gasteiger partial charge in [0.2, 0.25) is 5.95 Å². The minimum Gasteiger partial charge on any atom is -0.386 e. The maximum absolute atomic E-state index is 13.5. The number of aromatic amines is 1. The van der Waals surface area contributed by atoms with Gasteiger partial charge in [-0.1, -0.05) is 24.5 Å². The molecular formula is C20H24N10O10P2S2. The molecule has 6 N–H and O–H groups in total. The van der Waals surface area contributed by atoms with Gasteiger partial charge < -0.3 is 26.0 Å². The molecule has 3 aliphatic heterocycles. The number of imidazole rings is 2. The van der Waals surface area contributed by atoms with Crippen LogP contribution < -0.4 is 17.0 Å². The third-order valence-corrected chi connectivity index (χ3v) is 10.4. The number of nitrogens with zero attached hydrogens (tertiary/aromatic N) is 7. The molecule has 236 valence electrons. The fourth-order valence-corrected chi connectivity index (χ4v) is 8.30. The van der Waals surface area contributed by atoms with E-state index in [2.05, 4.69) is 54.4 Å². The molecule has 7 rings (SSSR count). The molecule has 4 aromatic heterocycles. The lowest BCUT2D eigenvalue weighted by Gasteiger charge is -2.26. The van der Waals surface area contributed by atoms with Gasteiger partial charge in [-0.3, -0.25) is 37.0 Å². The lowest BCUT2D eigenvalue weighted by atomic mass is 10.1. The van der Waals surface area contributed by atoms with Crippen LogP contribution >= 0.6 is 38.1 Å². The summed E-state index contributed by atoms with van der Waals surface area (Å²) in [4.78, 5) is 35.1. The molecule has 0 amide bonds. The summed E-state index contributed by atoms with van der Waals surface area (Å²) in [6.45, 7) is -9.19. The van der Waals surface area contributed by atoms with Crippen LogP contribution in [0.3, 0.4) is 0 Å². The second-order valence-corrected chi connectivity index (χ2v) is 15.8. The number of nitrogens with one attached hydrogen (secondary N) is 1. The summed E-state index contributed by atoms with van der Waals surface area (Å²) in [5.41, 5.74) is 11.6. The second-order valence-electron chi connectivity index (χ2n) is 10.0. The topological polar surface area (TPSA) is 269 Å². The monoisotopic (exact) mass is 690 g/mol. The number of ether oxygens (including phenoxy) is 2. The van der Waals surface area contributed by atoms with Gasteiger partial charge in [0, 0.05) is 6.42 Å². The van der Waals surface area contributed by atoms with Crippen molar-refractivity contribution >= 4 is 72.2 Å². The summed E-state index contributed by atoms with van der Waals surface area (Å²) in [6.07, 6.45) is -4.19. The second kappa shape index (κ2) is 11.0. The Labute approximate surface area is 256 Å². The van der Waals surface area contributed by atoms with Crippen molar-refractivity contribution in [2.24, 2.45) is 0 Å². The molecule has 9 atom stereocenters. The number of thiol groups is 2. The predicted octanol–water partition coefficient (Wildman–Crippen LogP) is 0.563. The van der Waals surface area contributed by atoms with Gasteiger partial charge in [0.05, 0.1) is 32.0 Å². The Morgan fingerprint density at radius 3 is 2.41 bits per heavy atom. The number of nitrogen functional groups attached to an aromatic ring is 2. The molecule has 2 bridgehead atoms. The third-order valence-electron chi connectivity index (χ3n) is 7.19. The zero-order valence-corrected chi connectivity index (χ0v) is 25.7. The predicted molar refractivity (Wildman–Crippen MR) is 156 cm³/mol. The number of hydrogen-bond donors (Lipinski definition) is 6. The highest BCUT2D eigenvalue weighted by Crippen LogP contribution is 2.60. The Morgan fingerprint density at radius 1 is 0.909 bits per heavy atom. The van der Waals surface area contributed by atoms with Gasteiger partial charge in [0.15, 0.2) is 35.1 Å². The van der Waals surface area contributed by atoms with Gasteiger partial charge in [0.1, 0.15) is 36.3 Å². The molecule has 2 unspecified atom stereocenters. The van der Waals surface area contributed by atoms with E-state index < -0.39 is 68.7 Å². The number of hydrogen-bond acceptors (Lipinski definition) is 17. The molecule has 3 aliphatic rings. The van der Waals surface area contributed by atoms with Crippen LogP contribution in [-0.4, -0.2) is 87.9 Å². The van der Waals surface area contributed by atoms with E-state index in [1.54, 1.807) is 0 Å². The third kappa shape index (κ3) is 5.43. The van der Waals surface area contributed by atoms with Crippen molar-refractivity contribution < 1.29 is 41.8 Å². The van der Waals surface area contributed by atoms with Crippen LogP contribution in [0.25, 0.3) is 22.3 Å². The Hall–Kier alpha value is -2.62. The molecule has 4 aromatic rings. The lowest BCUT2D eigenvalue weighted by Crippen LogP contribution is -2.35. The molecule has 3 saturated heterocycles. The van der Waals surface area contributed by atoms with Crippen molar-refractivity contribution in [2.75, 3.05) is 24.7 Å². The molecule has 0 saturated carbocycles. The normalized spacial score (nSPS) is 36.6. The molecule has 0 aromatic carbocycles. The van der Waals surface area contributed by atoms with Crippen molar-refractivity contribution in [1.29, 1.82) is 0 Å². The van der Waals surface area contributed by atoms with Gasteiger partial charge in [0.25, 0.3) is 5.56 Å². The Kier molecular flexibility index (Phi) is 7.53. The smallest absolute Gasteiger partial charge is 0.386 e. The molecule has 0 spiro atoms. The first-order chi connectivity index (χ1) is 20.9. The van der Waals surface area contributed by atoms with E-state index in [0.29, 0.717) is 0 Å². The van der Waals surface area contributed by atoms with Gasteiger partial charge >= 0.3 is 13.6 Å². The van der Waals surface area contributed by atoms with Gasteiger partial charge in [-0.2, -0.15) is 4.98 Å². The summed E-state index contributed by atoms with van der Waals surface area (Å²) >= 11 is 8.24. The number of H-pyrrole nitrogens is 1. The zero-order valence-electron chi connectivity index (χ0n) is 22.1. The number of rotatable bonds is 2. The van der Waals surface area contributed by atoms with Crippen molar-refractivity contribution in [2.45, 2.75) is 49.4 Å². The molecule has 20 nitrogen and oxygen atoms in total. The van der Waals surface area contributed by atoms with E-state index in [0.717, 1.165) is 0 Å². The van der Waals surface area contributed by atoms with Crippen molar-refractivity contribution in [1.82, 2.24) is 39.0 Å². The molecule has 0 aliphatic carbocycles. The average molecular weight is 691 g/mol. The zero-order chi connectivity index (χ0) is 31.0. The maximum atomic E-state index is 13.5. The number of aliphatic hydroxyl groups is 1. The highest BCUT2D eigenvalue weighted by atomic mass is 32.7. The standard InChI is InChI=1S/C20H24N10O10P2S2/c21-14-10-15(24-4-23-14)29(5-25-10)19-12(31)13-9(38-19)3-36-41(33,43)39-8-1-7(2-35-42(34,44)40-13)37-18(8)30-6-26-11-16(30)27-20(22)28-17(11)32/h4-9,12-13,18-19,31H,1-3H2,(H,33,43)(H,34,44)(H2,21,23,24)(H3,22,27,28,32)/t7-,8?,9+,12?,13-,18+,19+,41+,42+/m0/s1. The first-order valence-corrected chi connectivity index (χ1v) is 18.2. The van der Waals surface area contributed by atoms with Gasteiger partial charge in [-0.25, -0.2) is 29.1 Å². The summed E-state index contributed by atoms with van der Waals surface area (Å²) < 4.78 is 64.3. The van der Waals surface area contributed by atoms with Crippen LogP contribution in [0.5, 0.6) is 0 Å². The SMILES string of the molecule is Nc1nc2c(ncn2[C@@H]2O[C@@H]3CO[P@@](=O)(S)O[C@@H]4C(O)[C@H](n5cnc6c(N)ncnc65)O[C@@H]4CO[P@@](=O)(S)OC2C3)c(=O)[nH]1. The van der Waals surface area contributed by atoms with Crippen LogP contribution in [0.2, 0.25) is 0 Å². The number of nitrogens with two attached hydrogens (primary N) is 2. The lowest BCUT2D eigenvalue weighted by molar-refractivity contribution is -0.0571. The summed E-state index contributed by atoms with van der Waals surface area (Å²) in [6, 6.07) is 0. The number of aromatic nitrogens is 8. The van der Waals surface area contributed by atoms with E-state index in [4.69, 9.17) is 39.0 Å². The van der Waals surface area contributed by atoms with E-state index in [9.17, 15) is 19.0 Å². The Balaban J connectivity index is 1.19. The first-order valence-electron chi connectivity index (χ1n) is 12.8. The summed E-state index contributed by atoms with van der Waals surface area (Å²) in [5.74, 6) is -0.0565. The molecule has 7 heterocycles. The fourth-order valence-electron chi connectivity index (χ4n) is 5.29. The minimum atomic E-state index is -4.19. The highest BCUT2D eigenvalue weighted by molar-refractivity contribution is 8.44. The molecule has 44 heavy (non-hydrogen) atoms. The van der Waals surface area contributed by atoms with Crippen LogP contribution in [0.15, 0.2) is 23.8 Å². The van der Waals surface area contributed by atoms with E-state index in [1.165, 1.54) is 28.1 Å². The van der Waals surface area contributed by atoms with Crippen molar-refractivity contribution in [3.63, 3.8) is 0 Å². The van der Waals surface area contributed by atoms with Crippen LogP contribution in [0.4, 0.5) is 11.8 Å². The Bertz CT molecular complexity index is 1910. The molecule has 3 fully saturated rings. The Morgan fingerprint density at radius 2 is 1.61 bits per heavy atom. The van der Waals surface area contributed by atoms with Gasteiger partial charge in [-0.05, 0) is 0 Å². The largest absolute Gasteiger partial charge is 0.386 e.